The van der Waals surface area contributed by atoms with Crippen LogP contribution in [0.1, 0.15) is 56.5 Å². The van der Waals surface area contributed by atoms with E-state index in [1.54, 1.807) is 0 Å². The topological polar surface area (TPSA) is 29.9 Å². The fourth-order valence-electron chi connectivity index (χ4n) is 2.80. The highest BCUT2D eigenvalue weighted by Gasteiger charge is 2.17. The summed E-state index contributed by atoms with van der Waals surface area (Å²) in [6, 6.07) is 1.06. The maximum absolute atomic E-state index is 6.19. The van der Waals surface area contributed by atoms with Crippen LogP contribution in [0.25, 0.3) is 0 Å². The molecule has 3 nitrogen and oxygen atoms in total. The minimum absolute atomic E-state index is 0.359. The van der Waals surface area contributed by atoms with Crippen LogP contribution in [0.15, 0.2) is 0 Å². The van der Waals surface area contributed by atoms with Crippen LogP contribution in [-0.4, -0.2) is 22.4 Å². The van der Waals surface area contributed by atoms with Gasteiger partial charge in [0, 0.05) is 12.6 Å². The standard InChI is InChI=1S/C14H24ClN3/c1-10(9-16-13-7-5-4-6-8-13)18-12(3)14(15)11(2)17-18/h10,13,16H,4-9H2,1-3H3. The zero-order valence-electron chi connectivity index (χ0n) is 11.7. The molecule has 0 aliphatic heterocycles. The Morgan fingerprint density at radius 1 is 1.33 bits per heavy atom. The molecule has 1 fully saturated rings. The number of nitrogens with zero attached hydrogens (tertiary/aromatic N) is 2. The Morgan fingerprint density at radius 2 is 2.00 bits per heavy atom. The predicted octanol–water partition coefficient (Wildman–Crippen LogP) is 3.64. The van der Waals surface area contributed by atoms with Crippen LogP contribution >= 0.6 is 11.6 Å². The summed E-state index contributed by atoms with van der Waals surface area (Å²) in [5.41, 5.74) is 2.01. The molecule has 0 spiro atoms. The molecule has 0 bridgehead atoms. The number of nitrogens with one attached hydrogen (secondary N) is 1. The van der Waals surface area contributed by atoms with Gasteiger partial charge in [-0.3, -0.25) is 4.68 Å². The van der Waals surface area contributed by atoms with Gasteiger partial charge >= 0.3 is 0 Å². The number of hydrogen-bond acceptors (Lipinski definition) is 2. The minimum atomic E-state index is 0.359. The van der Waals surface area contributed by atoms with Crippen molar-refractivity contribution in [1.29, 1.82) is 0 Å². The zero-order valence-corrected chi connectivity index (χ0v) is 12.4. The van der Waals surface area contributed by atoms with Gasteiger partial charge in [0.05, 0.1) is 22.5 Å². The van der Waals surface area contributed by atoms with Crippen molar-refractivity contribution in [3.05, 3.63) is 16.4 Å². The van der Waals surface area contributed by atoms with Crippen LogP contribution in [0.4, 0.5) is 0 Å². The number of aryl methyl sites for hydroxylation is 1. The van der Waals surface area contributed by atoms with Crippen molar-refractivity contribution in [1.82, 2.24) is 15.1 Å². The maximum Gasteiger partial charge on any atom is 0.0844 e. The molecule has 102 valence electrons. The van der Waals surface area contributed by atoms with E-state index >= 15 is 0 Å². The molecular weight excluding hydrogens is 246 g/mol. The molecule has 0 saturated heterocycles. The van der Waals surface area contributed by atoms with E-state index in [1.165, 1.54) is 32.1 Å². The van der Waals surface area contributed by atoms with E-state index in [2.05, 4.69) is 17.3 Å². The summed E-state index contributed by atoms with van der Waals surface area (Å²) < 4.78 is 2.05. The monoisotopic (exact) mass is 269 g/mol. The van der Waals surface area contributed by atoms with E-state index in [0.29, 0.717) is 12.1 Å². The molecule has 1 aliphatic carbocycles. The lowest BCUT2D eigenvalue weighted by atomic mass is 9.95. The van der Waals surface area contributed by atoms with E-state index in [-0.39, 0.29) is 0 Å². The number of rotatable bonds is 4. The molecule has 2 rings (SSSR count). The first-order valence-corrected chi connectivity index (χ1v) is 7.42. The first kappa shape index (κ1) is 13.9. The third kappa shape index (κ3) is 3.07. The summed E-state index contributed by atoms with van der Waals surface area (Å²) in [6.07, 6.45) is 6.80. The summed E-state index contributed by atoms with van der Waals surface area (Å²) in [6.45, 7) is 7.18. The Labute approximate surface area is 115 Å². The molecule has 1 saturated carbocycles. The van der Waals surface area contributed by atoms with Gasteiger partial charge in [-0.05, 0) is 33.6 Å². The second kappa shape index (κ2) is 6.07. The van der Waals surface area contributed by atoms with Gasteiger partial charge in [0.15, 0.2) is 0 Å². The molecule has 1 N–H and O–H groups in total. The fourth-order valence-corrected chi connectivity index (χ4v) is 2.93. The van der Waals surface area contributed by atoms with Crippen LogP contribution in [0.5, 0.6) is 0 Å². The third-order valence-electron chi connectivity index (χ3n) is 3.96. The Hall–Kier alpha value is -0.540. The normalized spacial score (nSPS) is 19.1. The van der Waals surface area contributed by atoms with E-state index in [1.807, 2.05) is 18.5 Å². The molecule has 1 aliphatic rings. The van der Waals surface area contributed by atoms with Crippen molar-refractivity contribution in [2.24, 2.45) is 0 Å². The van der Waals surface area contributed by atoms with Crippen LogP contribution in [0.3, 0.4) is 0 Å². The van der Waals surface area contributed by atoms with Crippen LogP contribution in [0.2, 0.25) is 5.02 Å². The molecule has 0 amide bonds. The average molecular weight is 270 g/mol. The SMILES string of the molecule is Cc1nn(C(C)CNC2CCCCC2)c(C)c1Cl. The van der Waals surface area contributed by atoms with Gasteiger partial charge in [-0.1, -0.05) is 30.9 Å². The summed E-state index contributed by atoms with van der Waals surface area (Å²) in [4.78, 5) is 0. The highest BCUT2D eigenvalue weighted by molar-refractivity contribution is 6.31. The first-order valence-electron chi connectivity index (χ1n) is 7.04. The quantitative estimate of drug-likeness (QED) is 0.905. The molecule has 0 radical (unpaired) electrons. The van der Waals surface area contributed by atoms with E-state index in [9.17, 15) is 0 Å². The lowest BCUT2D eigenvalue weighted by molar-refractivity contribution is 0.341. The Bertz CT molecular complexity index is 394. The van der Waals surface area contributed by atoms with Gasteiger partial charge in [0.25, 0.3) is 0 Å². The van der Waals surface area contributed by atoms with Crippen molar-refractivity contribution >= 4 is 11.6 Å². The first-order chi connectivity index (χ1) is 8.59. The highest BCUT2D eigenvalue weighted by Crippen LogP contribution is 2.22. The summed E-state index contributed by atoms with van der Waals surface area (Å²) in [5.74, 6) is 0. The number of hydrogen-bond donors (Lipinski definition) is 1. The van der Waals surface area contributed by atoms with Gasteiger partial charge in [0.2, 0.25) is 0 Å². The lowest BCUT2D eigenvalue weighted by Crippen LogP contribution is -2.35. The van der Waals surface area contributed by atoms with Crippen LogP contribution in [0, 0.1) is 13.8 Å². The Morgan fingerprint density at radius 3 is 2.56 bits per heavy atom. The van der Waals surface area contributed by atoms with Crippen molar-refractivity contribution in [3.63, 3.8) is 0 Å². The van der Waals surface area contributed by atoms with E-state index in [0.717, 1.165) is 23.0 Å². The molecule has 1 atom stereocenters. The molecular formula is C14H24ClN3. The van der Waals surface area contributed by atoms with Gasteiger partial charge in [-0.25, -0.2) is 0 Å². The van der Waals surface area contributed by atoms with Crippen LogP contribution < -0.4 is 5.32 Å². The molecule has 1 heterocycles. The summed E-state index contributed by atoms with van der Waals surface area (Å²) in [7, 11) is 0. The molecule has 0 aromatic carbocycles. The lowest BCUT2D eigenvalue weighted by Gasteiger charge is -2.25. The second-order valence-electron chi connectivity index (χ2n) is 5.52. The number of aromatic nitrogens is 2. The Kier molecular flexibility index (Phi) is 4.68. The fraction of sp³-hybridized carbons (Fsp3) is 0.786. The highest BCUT2D eigenvalue weighted by atomic mass is 35.5. The van der Waals surface area contributed by atoms with Gasteiger partial charge < -0.3 is 5.32 Å². The molecule has 4 heteroatoms. The maximum atomic E-state index is 6.19. The predicted molar refractivity (Wildman–Crippen MR) is 76.3 cm³/mol. The van der Waals surface area contributed by atoms with Crippen molar-refractivity contribution in [3.8, 4) is 0 Å². The smallest absolute Gasteiger partial charge is 0.0844 e. The molecule has 18 heavy (non-hydrogen) atoms. The summed E-state index contributed by atoms with van der Waals surface area (Å²) >= 11 is 6.19. The molecule has 1 aromatic heterocycles. The molecule has 1 unspecified atom stereocenters. The zero-order chi connectivity index (χ0) is 13.1. The largest absolute Gasteiger partial charge is 0.312 e. The van der Waals surface area contributed by atoms with E-state index in [4.69, 9.17) is 11.6 Å². The van der Waals surface area contributed by atoms with Crippen molar-refractivity contribution in [2.45, 2.75) is 65.0 Å². The van der Waals surface area contributed by atoms with Crippen molar-refractivity contribution in [2.75, 3.05) is 6.54 Å². The number of halogens is 1. The average Bonchev–Trinajstić information content (AvgIpc) is 2.65. The minimum Gasteiger partial charge on any atom is -0.312 e. The van der Waals surface area contributed by atoms with Gasteiger partial charge in [0.1, 0.15) is 0 Å². The third-order valence-corrected chi connectivity index (χ3v) is 4.51. The van der Waals surface area contributed by atoms with Gasteiger partial charge in [-0.15, -0.1) is 0 Å². The van der Waals surface area contributed by atoms with Crippen molar-refractivity contribution < 1.29 is 0 Å². The Balaban J connectivity index is 1.90. The second-order valence-corrected chi connectivity index (χ2v) is 5.90. The van der Waals surface area contributed by atoms with Gasteiger partial charge in [-0.2, -0.15) is 5.10 Å². The van der Waals surface area contributed by atoms with E-state index < -0.39 is 0 Å². The summed E-state index contributed by atoms with van der Waals surface area (Å²) in [5, 5.41) is 9.00. The molecule has 1 aromatic rings. The van der Waals surface area contributed by atoms with Crippen LogP contribution in [-0.2, 0) is 0 Å².